The van der Waals surface area contributed by atoms with Crippen LogP contribution in [0.1, 0.15) is 57.8 Å². The van der Waals surface area contributed by atoms with Crippen molar-refractivity contribution >= 4 is 0 Å². The number of nitrogens with zero attached hydrogens (tertiary/aromatic N) is 2. The van der Waals surface area contributed by atoms with E-state index < -0.39 is 0 Å². The molecule has 0 aromatic rings. The molecule has 0 amide bonds. The first-order valence-electron chi connectivity index (χ1n) is 8.17. The van der Waals surface area contributed by atoms with Gasteiger partial charge in [-0.3, -0.25) is 4.90 Å². The maximum Gasteiger partial charge on any atom is 0.0731 e. The second kappa shape index (κ2) is 6.24. The first-order valence-corrected chi connectivity index (χ1v) is 8.17. The number of hydrogen-bond acceptors (Lipinski definition) is 3. The lowest BCUT2D eigenvalue weighted by Gasteiger charge is -2.48. The van der Waals surface area contributed by atoms with E-state index >= 15 is 0 Å². The Morgan fingerprint density at radius 1 is 0.895 bits per heavy atom. The molecule has 0 radical (unpaired) electrons. The predicted octanol–water partition coefficient (Wildman–Crippen LogP) is 3.10. The molecule has 2 saturated carbocycles. The summed E-state index contributed by atoms with van der Waals surface area (Å²) in [7, 11) is 0. The summed E-state index contributed by atoms with van der Waals surface area (Å²) in [6, 6.07) is 3.70. The summed E-state index contributed by atoms with van der Waals surface area (Å²) in [5, 5.41) is 9.51. The highest BCUT2D eigenvalue weighted by molar-refractivity contribution is 4.99. The number of ether oxygens (including phenoxy) is 1. The number of rotatable bonds is 1. The minimum absolute atomic E-state index is 0.253. The van der Waals surface area contributed by atoms with Gasteiger partial charge in [-0.15, -0.1) is 0 Å². The Balaban J connectivity index is 1.76. The first kappa shape index (κ1) is 13.4. The average molecular weight is 262 g/mol. The van der Waals surface area contributed by atoms with Gasteiger partial charge in [0, 0.05) is 18.6 Å². The van der Waals surface area contributed by atoms with Crippen molar-refractivity contribution in [2.45, 2.75) is 76.0 Å². The summed E-state index contributed by atoms with van der Waals surface area (Å²) < 4.78 is 5.98. The van der Waals surface area contributed by atoms with Crippen LogP contribution in [-0.4, -0.2) is 36.2 Å². The van der Waals surface area contributed by atoms with Crippen molar-refractivity contribution in [1.29, 1.82) is 5.26 Å². The molecule has 0 spiro atoms. The Bertz CT molecular complexity index is 336. The van der Waals surface area contributed by atoms with Gasteiger partial charge in [-0.2, -0.15) is 5.26 Å². The number of hydrogen-bond donors (Lipinski definition) is 0. The van der Waals surface area contributed by atoms with E-state index in [0.717, 1.165) is 19.6 Å². The van der Waals surface area contributed by atoms with Gasteiger partial charge in [0.25, 0.3) is 0 Å². The van der Waals surface area contributed by atoms with Gasteiger partial charge in [-0.25, -0.2) is 0 Å². The van der Waals surface area contributed by atoms with Gasteiger partial charge in [0.15, 0.2) is 0 Å². The molecule has 19 heavy (non-hydrogen) atoms. The van der Waals surface area contributed by atoms with Gasteiger partial charge >= 0.3 is 0 Å². The van der Waals surface area contributed by atoms with Gasteiger partial charge in [0.2, 0.25) is 0 Å². The highest BCUT2D eigenvalue weighted by Gasteiger charge is 2.40. The molecule has 1 aliphatic heterocycles. The maximum atomic E-state index is 9.51. The van der Waals surface area contributed by atoms with Crippen LogP contribution in [0.3, 0.4) is 0 Å². The molecule has 0 aromatic heterocycles. The summed E-state index contributed by atoms with van der Waals surface area (Å²) in [6.45, 7) is 1.92. The molecule has 0 bridgehead atoms. The summed E-state index contributed by atoms with van der Waals surface area (Å²) in [5.74, 6) is 0.253. The summed E-state index contributed by atoms with van der Waals surface area (Å²) >= 11 is 0. The van der Waals surface area contributed by atoms with Crippen molar-refractivity contribution in [3.8, 4) is 6.07 Å². The highest BCUT2D eigenvalue weighted by atomic mass is 16.5. The van der Waals surface area contributed by atoms with E-state index in [0.29, 0.717) is 18.2 Å². The second-order valence-electron chi connectivity index (χ2n) is 6.44. The molecule has 3 aliphatic rings. The van der Waals surface area contributed by atoms with Gasteiger partial charge in [-0.05, 0) is 25.7 Å². The molecule has 3 fully saturated rings. The van der Waals surface area contributed by atoms with Crippen LogP contribution in [0.25, 0.3) is 0 Å². The molecule has 2 aliphatic carbocycles. The fraction of sp³-hybridized carbons (Fsp3) is 0.938. The second-order valence-corrected chi connectivity index (χ2v) is 6.44. The molecule has 4 unspecified atom stereocenters. The van der Waals surface area contributed by atoms with E-state index in [1.165, 1.54) is 51.4 Å². The van der Waals surface area contributed by atoms with E-state index in [-0.39, 0.29) is 5.92 Å². The minimum Gasteiger partial charge on any atom is -0.375 e. The van der Waals surface area contributed by atoms with Gasteiger partial charge in [0.1, 0.15) is 0 Å². The van der Waals surface area contributed by atoms with Crippen LogP contribution >= 0.6 is 0 Å². The normalized spacial score (nSPS) is 41.0. The zero-order chi connectivity index (χ0) is 13.1. The Hall–Kier alpha value is -0.590. The van der Waals surface area contributed by atoms with Crippen LogP contribution in [0, 0.1) is 17.2 Å². The maximum absolute atomic E-state index is 9.51. The Kier molecular flexibility index (Phi) is 4.40. The van der Waals surface area contributed by atoms with E-state index in [9.17, 15) is 5.26 Å². The predicted molar refractivity (Wildman–Crippen MR) is 74.7 cm³/mol. The standard InChI is InChI=1S/C16H26N2O/c17-12-13-6-2-1-3-7-14(13)18-10-11-19-16-9-5-4-8-15(16)18/h13-16H,1-11H2. The summed E-state index contributed by atoms with van der Waals surface area (Å²) in [6.07, 6.45) is 11.8. The number of nitriles is 1. The van der Waals surface area contributed by atoms with Gasteiger partial charge < -0.3 is 4.74 Å². The lowest BCUT2D eigenvalue weighted by atomic mass is 9.86. The van der Waals surface area contributed by atoms with E-state index in [1.54, 1.807) is 0 Å². The van der Waals surface area contributed by atoms with E-state index in [1.807, 2.05) is 0 Å². The highest BCUT2D eigenvalue weighted by Crippen LogP contribution is 2.35. The molecule has 1 heterocycles. The smallest absolute Gasteiger partial charge is 0.0731 e. The zero-order valence-electron chi connectivity index (χ0n) is 11.9. The number of fused-ring (bicyclic) bond motifs is 1. The van der Waals surface area contributed by atoms with E-state index in [2.05, 4.69) is 11.0 Å². The van der Waals surface area contributed by atoms with Crippen LogP contribution in [0.15, 0.2) is 0 Å². The Morgan fingerprint density at radius 2 is 1.63 bits per heavy atom. The Labute approximate surface area is 116 Å². The third-order valence-electron chi connectivity index (χ3n) is 5.35. The van der Waals surface area contributed by atoms with Gasteiger partial charge in [0.05, 0.1) is 24.7 Å². The molecule has 0 aromatic carbocycles. The number of morpholine rings is 1. The molecule has 3 heteroatoms. The molecule has 0 N–H and O–H groups in total. The molecular formula is C16H26N2O. The summed E-state index contributed by atoms with van der Waals surface area (Å²) in [5.41, 5.74) is 0. The van der Waals surface area contributed by atoms with Crippen molar-refractivity contribution in [3.05, 3.63) is 0 Å². The fourth-order valence-electron chi connectivity index (χ4n) is 4.37. The van der Waals surface area contributed by atoms with Crippen LogP contribution in [0.4, 0.5) is 0 Å². The quantitative estimate of drug-likeness (QED) is 0.681. The molecule has 1 saturated heterocycles. The summed E-state index contributed by atoms with van der Waals surface area (Å²) in [4.78, 5) is 2.67. The molecular weight excluding hydrogens is 236 g/mol. The topological polar surface area (TPSA) is 36.3 Å². The third-order valence-corrected chi connectivity index (χ3v) is 5.35. The minimum atomic E-state index is 0.253. The molecule has 106 valence electrons. The molecule has 4 atom stereocenters. The zero-order valence-corrected chi connectivity index (χ0v) is 11.9. The van der Waals surface area contributed by atoms with Crippen molar-refractivity contribution in [2.24, 2.45) is 5.92 Å². The molecule has 3 nitrogen and oxygen atoms in total. The van der Waals surface area contributed by atoms with Crippen LogP contribution < -0.4 is 0 Å². The molecule has 3 rings (SSSR count). The average Bonchev–Trinajstić information content (AvgIpc) is 2.71. The van der Waals surface area contributed by atoms with Crippen LogP contribution in [0.2, 0.25) is 0 Å². The largest absolute Gasteiger partial charge is 0.375 e. The monoisotopic (exact) mass is 262 g/mol. The van der Waals surface area contributed by atoms with Crippen molar-refractivity contribution in [1.82, 2.24) is 4.90 Å². The lowest BCUT2D eigenvalue weighted by Crippen LogP contribution is -2.57. The van der Waals surface area contributed by atoms with Crippen molar-refractivity contribution in [2.75, 3.05) is 13.2 Å². The Morgan fingerprint density at radius 3 is 2.53 bits per heavy atom. The first-order chi connectivity index (χ1) is 9.40. The van der Waals surface area contributed by atoms with Gasteiger partial charge in [-0.1, -0.05) is 32.1 Å². The van der Waals surface area contributed by atoms with Crippen LogP contribution in [-0.2, 0) is 4.74 Å². The van der Waals surface area contributed by atoms with Crippen molar-refractivity contribution in [3.63, 3.8) is 0 Å². The lowest BCUT2D eigenvalue weighted by molar-refractivity contribution is -0.108. The third kappa shape index (κ3) is 2.80. The fourth-order valence-corrected chi connectivity index (χ4v) is 4.37. The van der Waals surface area contributed by atoms with Crippen molar-refractivity contribution < 1.29 is 4.74 Å². The van der Waals surface area contributed by atoms with Crippen LogP contribution in [0.5, 0.6) is 0 Å². The van der Waals surface area contributed by atoms with E-state index in [4.69, 9.17) is 4.74 Å². The SMILES string of the molecule is N#CC1CCCCCC1N1CCOC2CCCCC21.